The highest BCUT2D eigenvalue weighted by atomic mass is 19.1. The van der Waals surface area contributed by atoms with E-state index in [-0.39, 0.29) is 5.82 Å². The summed E-state index contributed by atoms with van der Waals surface area (Å²) < 4.78 is 14.1. The van der Waals surface area contributed by atoms with Crippen LogP contribution in [-0.4, -0.2) is 13.1 Å². The Hall–Kier alpha value is -2.03. The molecular weight excluding hydrogens is 275 g/mol. The van der Waals surface area contributed by atoms with E-state index in [4.69, 9.17) is 0 Å². The van der Waals surface area contributed by atoms with E-state index in [1.807, 2.05) is 44.2 Å². The van der Waals surface area contributed by atoms with Gasteiger partial charge in [0.1, 0.15) is 5.82 Å². The molecule has 0 aliphatic rings. The maximum absolute atomic E-state index is 14.1. The van der Waals surface area contributed by atoms with Crippen LogP contribution >= 0.6 is 0 Å². The van der Waals surface area contributed by atoms with Gasteiger partial charge in [-0.1, -0.05) is 44.2 Å². The normalized spacial score (nSPS) is 11.7. The Bertz CT molecular complexity index is 544. The lowest BCUT2D eigenvalue weighted by molar-refractivity contribution is 0.614. The van der Waals surface area contributed by atoms with Crippen molar-refractivity contribution in [3.05, 3.63) is 65.7 Å². The fourth-order valence-electron chi connectivity index (χ4n) is 2.05. The van der Waals surface area contributed by atoms with Crippen LogP contribution in [0.5, 0.6) is 0 Å². The van der Waals surface area contributed by atoms with Crippen molar-refractivity contribution in [2.24, 2.45) is 0 Å². The molecule has 1 rings (SSSR count). The standard InChI is InChI=1S/C19H27FN2/c1-5-9-17(14-15(4)6-2)21-12-13-22-18-11-8-10-16(7-3)19(18)20/h5,8-11,14,21-22H,4,6-7,12-13H2,1-3H3/b9-5-,17-14+. The molecule has 0 aromatic heterocycles. The van der Waals surface area contributed by atoms with E-state index in [2.05, 4.69) is 24.1 Å². The summed E-state index contributed by atoms with van der Waals surface area (Å²) in [7, 11) is 0. The summed E-state index contributed by atoms with van der Waals surface area (Å²) in [6, 6.07) is 5.48. The first-order valence-corrected chi connectivity index (χ1v) is 7.89. The van der Waals surface area contributed by atoms with Gasteiger partial charge in [0.15, 0.2) is 0 Å². The van der Waals surface area contributed by atoms with Crippen LogP contribution in [0.4, 0.5) is 10.1 Å². The van der Waals surface area contributed by atoms with Gasteiger partial charge in [-0.3, -0.25) is 0 Å². The minimum atomic E-state index is -0.145. The molecule has 2 N–H and O–H groups in total. The third-order valence-electron chi connectivity index (χ3n) is 3.39. The van der Waals surface area contributed by atoms with E-state index in [1.54, 1.807) is 6.07 Å². The van der Waals surface area contributed by atoms with Gasteiger partial charge in [-0.2, -0.15) is 0 Å². The number of nitrogens with one attached hydrogen (secondary N) is 2. The van der Waals surface area contributed by atoms with Gasteiger partial charge in [-0.05, 0) is 43.5 Å². The Morgan fingerprint density at radius 2 is 2.05 bits per heavy atom. The summed E-state index contributed by atoms with van der Waals surface area (Å²) >= 11 is 0. The lowest BCUT2D eigenvalue weighted by Gasteiger charge is -2.12. The van der Waals surface area contributed by atoms with Crippen LogP contribution in [0.1, 0.15) is 32.8 Å². The summed E-state index contributed by atoms with van der Waals surface area (Å²) in [4.78, 5) is 0. The van der Waals surface area contributed by atoms with Crippen molar-refractivity contribution in [1.29, 1.82) is 0 Å². The second-order valence-electron chi connectivity index (χ2n) is 5.10. The van der Waals surface area contributed by atoms with E-state index in [1.165, 1.54) is 0 Å². The predicted molar refractivity (Wildman–Crippen MR) is 94.6 cm³/mol. The summed E-state index contributed by atoms with van der Waals surface area (Å²) in [6.07, 6.45) is 7.67. The van der Waals surface area contributed by atoms with Crippen LogP contribution in [-0.2, 0) is 6.42 Å². The van der Waals surface area contributed by atoms with Crippen molar-refractivity contribution < 1.29 is 4.39 Å². The molecule has 1 aromatic rings. The molecule has 22 heavy (non-hydrogen) atoms. The molecule has 0 spiro atoms. The van der Waals surface area contributed by atoms with Crippen LogP contribution in [0.3, 0.4) is 0 Å². The molecule has 0 atom stereocenters. The Balaban J connectivity index is 2.53. The third kappa shape index (κ3) is 5.76. The molecule has 0 saturated heterocycles. The van der Waals surface area contributed by atoms with Gasteiger partial charge < -0.3 is 10.6 Å². The number of anilines is 1. The highest BCUT2D eigenvalue weighted by Gasteiger charge is 2.05. The average Bonchev–Trinajstić information content (AvgIpc) is 2.52. The highest BCUT2D eigenvalue weighted by Crippen LogP contribution is 2.17. The third-order valence-corrected chi connectivity index (χ3v) is 3.39. The van der Waals surface area contributed by atoms with E-state index in [0.29, 0.717) is 25.2 Å². The number of rotatable bonds is 9. The fraction of sp³-hybridized carbons (Fsp3) is 0.368. The molecule has 0 fully saturated rings. The number of benzene rings is 1. The number of hydrogen-bond donors (Lipinski definition) is 2. The van der Waals surface area contributed by atoms with Crippen LogP contribution in [0.2, 0.25) is 0 Å². The zero-order valence-electron chi connectivity index (χ0n) is 13.9. The van der Waals surface area contributed by atoms with E-state index in [0.717, 1.165) is 23.3 Å². The van der Waals surface area contributed by atoms with Gasteiger partial charge in [0.2, 0.25) is 0 Å². The molecule has 0 heterocycles. The van der Waals surface area contributed by atoms with Crippen LogP contribution < -0.4 is 10.6 Å². The van der Waals surface area contributed by atoms with E-state index in [9.17, 15) is 4.39 Å². The molecule has 0 saturated carbocycles. The second kappa shape index (κ2) is 9.82. The largest absolute Gasteiger partial charge is 0.383 e. The molecule has 0 unspecified atom stereocenters. The van der Waals surface area contributed by atoms with Crippen LogP contribution in [0, 0.1) is 5.82 Å². The molecule has 0 radical (unpaired) electrons. The van der Waals surface area contributed by atoms with Crippen molar-refractivity contribution in [1.82, 2.24) is 5.32 Å². The Morgan fingerprint density at radius 1 is 1.27 bits per heavy atom. The summed E-state index contributed by atoms with van der Waals surface area (Å²) in [6.45, 7) is 11.4. The van der Waals surface area contributed by atoms with Gasteiger partial charge >= 0.3 is 0 Å². The maximum Gasteiger partial charge on any atom is 0.149 e. The van der Waals surface area contributed by atoms with Gasteiger partial charge in [0, 0.05) is 18.8 Å². The highest BCUT2D eigenvalue weighted by molar-refractivity contribution is 5.47. The summed E-state index contributed by atoms with van der Waals surface area (Å²) in [5.41, 5.74) is 3.41. The first-order valence-electron chi connectivity index (χ1n) is 7.89. The minimum absolute atomic E-state index is 0.145. The number of aryl methyl sites for hydroxylation is 1. The van der Waals surface area contributed by atoms with Crippen molar-refractivity contribution in [2.45, 2.75) is 33.6 Å². The van der Waals surface area contributed by atoms with Gasteiger partial charge in [0.25, 0.3) is 0 Å². The van der Waals surface area contributed by atoms with E-state index >= 15 is 0 Å². The van der Waals surface area contributed by atoms with Crippen LogP contribution in [0.15, 0.2) is 54.3 Å². The molecule has 0 amide bonds. The molecule has 0 aliphatic heterocycles. The molecule has 3 heteroatoms. The van der Waals surface area contributed by atoms with Crippen molar-refractivity contribution in [3.8, 4) is 0 Å². The first-order chi connectivity index (χ1) is 10.6. The lowest BCUT2D eigenvalue weighted by atomic mass is 10.1. The zero-order valence-corrected chi connectivity index (χ0v) is 13.9. The Labute approximate surface area is 133 Å². The summed E-state index contributed by atoms with van der Waals surface area (Å²) in [5.74, 6) is -0.145. The molecule has 1 aromatic carbocycles. The van der Waals surface area contributed by atoms with Gasteiger partial charge in [0.05, 0.1) is 5.69 Å². The smallest absolute Gasteiger partial charge is 0.149 e. The predicted octanol–water partition coefficient (Wildman–Crippen LogP) is 4.82. The fourth-order valence-corrected chi connectivity index (χ4v) is 2.05. The lowest BCUT2D eigenvalue weighted by Crippen LogP contribution is -2.21. The van der Waals surface area contributed by atoms with Crippen LogP contribution in [0.25, 0.3) is 0 Å². The molecular formula is C19H27FN2. The molecule has 0 bridgehead atoms. The minimum Gasteiger partial charge on any atom is -0.383 e. The van der Waals surface area contributed by atoms with Crippen molar-refractivity contribution in [2.75, 3.05) is 18.4 Å². The number of halogens is 1. The van der Waals surface area contributed by atoms with E-state index < -0.39 is 0 Å². The zero-order chi connectivity index (χ0) is 16.4. The average molecular weight is 302 g/mol. The molecule has 120 valence electrons. The number of allylic oxidation sites excluding steroid dienone is 4. The topological polar surface area (TPSA) is 24.1 Å². The summed E-state index contributed by atoms with van der Waals surface area (Å²) in [5, 5.41) is 6.47. The Kier molecular flexibility index (Phi) is 8.05. The monoisotopic (exact) mass is 302 g/mol. The Morgan fingerprint density at radius 3 is 2.68 bits per heavy atom. The van der Waals surface area contributed by atoms with Crippen molar-refractivity contribution >= 4 is 5.69 Å². The second-order valence-corrected chi connectivity index (χ2v) is 5.10. The quantitative estimate of drug-likeness (QED) is 0.505. The molecule has 0 aliphatic carbocycles. The number of hydrogen-bond acceptors (Lipinski definition) is 2. The van der Waals surface area contributed by atoms with Crippen molar-refractivity contribution in [3.63, 3.8) is 0 Å². The molecule has 2 nitrogen and oxygen atoms in total. The van der Waals surface area contributed by atoms with Gasteiger partial charge in [-0.15, -0.1) is 0 Å². The first kappa shape index (κ1) is 18.0. The maximum atomic E-state index is 14.1. The van der Waals surface area contributed by atoms with Gasteiger partial charge in [-0.25, -0.2) is 4.39 Å². The SMILES string of the molecule is C=C(/C=C(\C=C/C)NCCNc1cccc(CC)c1F)CC.